The maximum atomic E-state index is 12.8. The largest absolute Gasteiger partial charge is 0.462 e. The van der Waals surface area contributed by atoms with Gasteiger partial charge in [-0.1, -0.05) is 11.8 Å². The van der Waals surface area contributed by atoms with E-state index in [-0.39, 0.29) is 17.4 Å². The topological polar surface area (TPSA) is 116 Å². The van der Waals surface area contributed by atoms with Gasteiger partial charge in [0, 0.05) is 6.54 Å². The zero-order chi connectivity index (χ0) is 22.1. The quantitative estimate of drug-likeness (QED) is 0.323. The molecule has 0 saturated carbocycles. The predicted molar refractivity (Wildman–Crippen MR) is 119 cm³/mol. The number of nitrogens with one attached hydrogen (secondary N) is 1. The minimum absolute atomic E-state index is 0.204. The van der Waals surface area contributed by atoms with Gasteiger partial charge in [-0.25, -0.2) is 9.78 Å². The van der Waals surface area contributed by atoms with Gasteiger partial charge in [-0.05, 0) is 45.4 Å². The van der Waals surface area contributed by atoms with E-state index < -0.39 is 5.97 Å². The van der Waals surface area contributed by atoms with E-state index in [1.807, 2.05) is 24.5 Å². The van der Waals surface area contributed by atoms with E-state index in [2.05, 4.69) is 20.2 Å². The minimum Gasteiger partial charge on any atom is -0.462 e. The number of thiophene rings is 1. The summed E-state index contributed by atoms with van der Waals surface area (Å²) in [7, 11) is 0. The number of carbonyl (C=O) groups excluding carboxylic acids is 1. The highest BCUT2D eigenvalue weighted by Gasteiger charge is 2.23. The molecular formula is C20H21N5O4S2. The lowest BCUT2D eigenvalue weighted by Gasteiger charge is -2.11. The molecule has 4 rings (SSSR count). The van der Waals surface area contributed by atoms with Gasteiger partial charge in [0.25, 0.3) is 5.56 Å². The molecule has 1 atom stereocenters. The lowest BCUT2D eigenvalue weighted by Crippen LogP contribution is -2.13. The maximum absolute atomic E-state index is 12.8. The summed E-state index contributed by atoms with van der Waals surface area (Å²) in [6.45, 7) is 8.35. The summed E-state index contributed by atoms with van der Waals surface area (Å²) < 4.78 is 12.5. The fourth-order valence-corrected chi connectivity index (χ4v) is 5.26. The van der Waals surface area contributed by atoms with Crippen LogP contribution in [-0.4, -0.2) is 37.3 Å². The molecule has 162 valence electrons. The van der Waals surface area contributed by atoms with Crippen molar-refractivity contribution >= 4 is 39.3 Å². The van der Waals surface area contributed by atoms with Crippen molar-refractivity contribution in [2.24, 2.45) is 0 Å². The highest BCUT2D eigenvalue weighted by Crippen LogP contribution is 2.35. The number of rotatable bonds is 7. The Kier molecular flexibility index (Phi) is 5.96. The Labute approximate surface area is 185 Å². The third-order valence-electron chi connectivity index (χ3n) is 4.72. The molecule has 0 spiro atoms. The van der Waals surface area contributed by atoms with Gasteiger partial charge >= 0.3 is 5.97 Å². The van der Waals surface area contributed by atoms with Crippen molar-refractivity contribution in [2.45, 2.75) is 44.6 Å². The maximum Gasteiger partial charge on any atom is 0.348 e. The Morgan fingerprint density at radius 3 is 2.87 bits per heavy atom. The molecular weight excluding hydrogens is 438 g/mol. The van der Waals surface area contributed by atoms with Gasteiger partial charge in [-0.15, -0.1) is 21.5 Å². The van der Waals surface area contributed by atoms with Gasteiger partial charge in [0.05, 0.1) is 23.5 Å². The molecule has 31 heavy (non-hydrogen) atoms. The molecule has 0 aliphatic rings. The number of esters is 1. The van der Waals surface area contributed by atoms with Gasteiger partial charge < -0.3 is 14.1 Å². The van der Waals surface area contributed by atoms with E-state index in [0.717, 1.165) is 0 Å². The first kappa shape index (κ1) is 21.3. The van der Waals surface area contributed by atoms with Crippen molar-refractivity contribution in [3.05, 3.63) is 45.0 Å². The van der Waals surface area contributed by atoms with Crippen LogP contribution in [-0.2, 0) is 11.3 Å². The molecule has 4 heterocycles. The number of furan rings is 1. The standard InChI is InChI=1S/C20H21N5O4S2/c1-5-25-16(12-8-7-9-29-12)23-24-20(25)30-11(4)15-21-17(26)13-10(3)14(19(27)28-6-2)31-18(13)22-15/h7-9,11H,5-6H2,1-4H3,(H,21,22,26). The van der Waals surface area contributed by atoms with E-state index in [9.17, 15) is 9.59 Å². The molecule has 0 fully saturated rings. The van der Waals surface area contributed by atoms with Crippen LogP contribution in [0.2, 0.25) is 0 Å². The lowest BCUT2D eigenvalue weighted by atomic mass is 10.2. The molecule has 0 saturated heterocycles. The Hall–Kier alpha value is -2.92. The zero-order valence-corrected chi connectivity index (χ0v) is 19.1. The van der Waals surface area contributed by atoms with Gasteiger partial charge in [-0.3, -0.25) is 9.36 Å². The van der Waals surface area contributed by atoms with E-state index in [4.69, 9.17) is 9.15 Å². The second-order valence-electron chi connectivity index (χ2n) is 6.70. The minimum atomic E-state index is -0.437. The summed E-state index contributed by atoms with van der Waals surface area (Å²) >= 11 is 2.61. The second kappa shape index (κ2) is 8.67. The monoisotopic (exact) mass is 459 g/mol. The number of carbonyl (C=O) groups is 1. The van der Waals surface area contributed by atoms with E-state index >= 15 is 0 Å². The highest BCUT2D eigenvalue weighted by atomic mass is 32.2. The number of fused-ring (bicyclic) bond motifs is 1. The van der Waals surface area contributed by atoms with Crippen LogP contribution in [0.25, 0.3) is 21.8 Å². The normalized spacial score (nSPS) is 12.4. The SMILES string of the molecule is CCOC(=O)c1sc2nc(C(C)Sc3nnc(-c4ccco4)n3CC)[nH]c(=O)c2c1C. The fraction of sp³-hybridized carbons (Fsp3) is 0.350. The number of thioether (sulfide) groups is 1. The average Bonchev–Trinajstić information content (AvgIpc) is 3.46. The summed E-state index contributed by atoms with van der Waals surface area (Å²) in [5.74, 6) is 1.35. The third-order valence-corrected chi connectivity index (χ3v) is 6.98. The number of aromatic nitrogens is 5. The highest BCUT2D eigenvalue weighted by molar-refractivity contribution is 7.99. The van der Waals surface area contributed by atoms with Crippen LogP contribution in [0.5, 0.6) is 0 Å². The van der Waals surface area contributed by atoms with E-state index in [1.54, 1.807) is 26.2 Å². The summed E-state index contributed by atoms with van der Waals surface area (Å²) in [4.78, 5) is 33.4. The number of hydrogen-bond acceptors (Lipinski definition) is 9. The summed E-state index contributed by atoms with van der Waals surface area (Å²) in [5, 5.41) is 9.46. The molecule has 4 aromatic heterocycles. The molecule has 4 aromatic rings. The Morgan fingerprint density at radius 2 is 2.19 bits per heavy atom. The molecule has 0 bridgehead atoms. The lowest BCUT2D eigenvalue weighted by molar-refractivity contribution is 0.0531. The number of H-pyrrole nitrogens is 1. The zero-order valence-electron chi connectivity index (χ0n) is 17.5. The van der Waals surface area contributed by atoms with Crippen molar-refractivity contribution in [3.63, 3.8) is 0 Å². The smallest absolute Gasteiger partial charge is 0.348 e. The first-order valence-corrected chi connectivity index (χ1v) is 11.5. The third kappa shape index (κ3) is 3.90. The van der Waals surface area contributed by atoms with Crippen molar-refractivity contribution in [1.29, 1.82) is 0 Å². The van der Waals surface area contributed by atoms with Crippen LogP contribution >= 0.6 is 23.1 Å². The Balaban J connectivity index is 1.66. The molecule has 1 unspecified atom stereocenters. The molecule has 0 aliphatic heterocycles. The number of hydrogen-bond donors (Lipinski definition) is 1. The van der Waals surface area contributed by atoms with Crippen LogP contribution in [0.15, 0.2) is 32.8 Å². The Morgan fingerprint density at radius 1 is 1.39 bits per heavy atom. The number of ether oxygens (including phenoxy) is 1. The molecule has 1 N–H and O–H groups in total. The predicted octanol–water partition coefficient (Wildman–Crippen LogP) is 4.19. The summed E-state index contributed by atoms with van der Waals surface area (Å²) in [6, 6.07) is 3.64. The van der Waals surface area contributed by atoms with Crippen LogP contribution in [0.4, 0.5) is 0 Å². The van der Waals surface area contributed by atoms with Crippen LogP contribution in [0.1, 0.15) is 47.1 Å². The molecule has 0 amide bonds. The Bertz CT molecular complexity index is 1290. The molecule has 11 heteroatoms. The average molecular weight is 460 g/mol. The van der Waals surface area contributed by atoms with Crippen LogP contribution < -0.4 is 5.56 Å². The van der Waals surface area contributed by atoms with Crippen LogP contribution in [0, 0.1) is 6.92 Å². The first-order chi connectivity index (χ1) is 14.9. The van der Waals surface area contributed by atoms with Crippen molar-refractivity contribution in [1.82, 2.24) is 24.7 Å². The van der Waals surface area contributed by atoms with Crippen molar-refractivity contribution in [2.75, 3.05) is 6.61 Å². The van der Waals surface area contributed by atoms with Crippen LogP contribution in [0.3, 0.4) is 0 Å². The van der Waals surface area contributed by atoms with Gasteiger partial charge in [0.15, 0.2) is 16.7 Å². The molecule has 9 nitrogen and oxygen atoms in total. The summed E-state index contributed by atoms with van der Waals surface area (Å²) in [5.41, 5.74) is 0.317. The second-order valence-corrected chi connectivity index (χ2v) is 9.00. The van der Waals surface area contributed by atoms with Gasteiger partial charge in [-0.2, -0.15) is 0 Å². The number of nitrogens with zero attached hydrogens (tertiary/aromatic N) is 4. The van der Waals surface area contributed by atoms with Gasteiger partial charge in [0.2, 0.25) is 0 Å². The van der Waals surface area contributed by atoms with E-state index in [0.29, 0.717) is 49.8 Å². The molecule has 0 radical (unpaired) electrons. The molecule has 0 aromatic carbocycles. The van der Waals surface area contributed by atoms with Crippen molar-refractivity contribution < 1.29 is 13.9 Å². The van der Waals surface area contributed by atoms with Gasteiger partial charge in [0.1, 0.15) is 15.5 Å². The van der Waals surface area contributed by atoms with E-state index in [1.165, 1.54) is 23.1 Å². The fourth-order valence-electron chi connectivity index (χ4n) is 3.21. The number of aryl methyl sites for hydroxylation is 1. The number of aromatic amines is 1. The first-order valence-electron chi connectivity index (χ1n) is 9.78. The van der Waals surface area contributed by atoms with Crippen molar-refractivity contribution in [3.8, 4) is 11.6 Å². The molecule has 0 aliphatic carbocycles. The summed E-state index contributed by atoms with van der Waals surface area (Å²) in [6.07, 6.45) is 1.59.